The molecule has 8 nitrogen and oxygen atoms in total. The molecule has 0 aliphatic carbocycles. The number of benzene rings is 2. The normalized spacial score (nSPS) is 14.1. The molecule has 0 saturated heterocycles. The monoisotopic (exact) mass is 453 g/mol. The summed E-state index contributed by atoms with van der Waals surface area (Å²) >= 11 is 0. The van der Waals surface area contributed by atoms with E-state index in [-0.39, 0.29) is 16.8 Å². The third kappa shape index (κ3) is 4.89. The van der Waals surface area contributed by atoms with Gasteiger partial charge in [0.2, 0.25) is 10.0 Å². The summed E-state index contributed by atoms with van der Waals surface area (Å²) in [6, 6.07) is 13.2. The van der Waals surface area contributed by atoms with Crippen LogP contribution in [0.4, 0.5) is 5.69 Å². The van der Waals surface area contributed by atoms with Crippen molar-refractivity contribution in [1.29, 1.82) is 0 Å². The zero-order valence-corrected chi connectivity index (χ0v) is 19.0. The molecule has 32 heavy (non-hydrogen) atoms. The lowest BCUT2D eigenvalue weighted by Gasteiger charge is -2.11. The molecule has 0 atom stereocenters. The lowest BCUT2D eigenvalue weighted by Crippen LogP contribution is -2.30. The fourth-order valence-corrected chi connectivity index (χ4v) is 5.05. The Bertz CT molecular complexity index is 1220. The summed E-state index contributed by atoms with van der Waals surface area (Å²) in [5, 5.41) is 11.6. The Morgan fingerprint density at radius 1 is 1.03 bits per heavy atom. The molecule has 9 heteroatoms. The van der Waals surface area contributed by atoms with Crippen LogP contribution in [-0.4, -0.2) is 35.1 Å². The average molecular weight is 454 g/mol. The summed E-state index contributed by atoms with van der Waals surface area (Å²) < 4.78 is 29.2. The van der Waals surface area contributed by atoms with Gasteiger partial charge in [0.1, 0.15) is 5.82 Å². The molecular weight excluding hydrogens is 426 g/mol. The number of carbonyl (C=O) groups is 1. The molecule has 0 spiro atoms. The predicted octanol–water partition coefficient (Wildman–Crippen LogP) is 3.61. The van der Waals surface area contributed by atoms with E-state index in [1.165, 1.54) is 30.7 Å². The maximum Gasteiger partial charge on any atom is 0.255 e. The van der Waals surface area contributed by atoms with Crippen molar-refractivity contribution in [2.45, 2.75) is 57.0 Å². The van der Waals surface area contributed by atoms with Gasteiger partial charge in [-0.15, -0.1) is 10.2 Å². The fraction of sp³-hybridized carbons (Fsp3) is 0.348. The van der Waals surface area contributed by atoms with Crippen molar-refractivity contribution in [3.8, 4) is 11.4 Å². The molecule has 2 aromatic carbocycles. The maximum absolute atomic E-state index is 12.7. The first-order valence-corrected chi connectivity index (χ1v) is 12.3. The fourth-order valence-electron chi connectivity index (χ4n) is 3.80. The van der Waals surface area contributed by atoms with Crippen LogP contribution in [0.5, 0.6) is 0 Å². The first-order valence-electron chi connectivity index (χ1n) is 10.8. The lowest BCUT2D eigenvalue weighted by molar-refractivity contribution is 0.102. The summed E-state index contributed by atoms with van der Waals surface area (Å²) in [5.74, 6) is 1.50. The van der Waals surface area contributed by atoms with Gasteiger partial charge < -0.3 is 9.88 Å². The van der Waals surface area contributed by atoms with E-state index in [1.807, 2.05) is 24.3 Å². The molecule has 4 rings (SSSR count). The van der Waals surface area contributed by atoms with Gasteiger partial charge in [0.25, 0.3) is 5.91 Å². The highest BCUT2D eigenvalue weighted by Crippen LogP contribution is 2.25. The second-order valence-corrected chi connectivity index (χ2v) is 9.95. The molecule has 2 N–H and O–H groups in total. The van der Waals surface area contributed by atoms with Crippen molar-refractivity contribution >= 4 is 21.6 Å². The maximum atomic E-state index is 12.7. The van der Waals surface area contributed by atoms with Gasteiger partial charge in [-0.3, -0.25) is 4.79 Å². The van der Waals surface area contributed by atoms with Crippen LogP contribution in [0.2, 0.25) is 0 Å². The summed E-state index contributed by atoms with van der Waals surface area (Å²) in [4.78, 5) is 12.8. The minimum absolute atomic E-state index is 0.122. The quantitative estimate of drug-likeness (QED) is 0.593. The number of hydrogen-bond acceptors (Lipinski definition) is 5. The average Bonchev–Trinajstić information content (AvgIpc) is 3.01. The van der Waals surface area contributed by atoms with Gasteiger partial charge in [0, 0.05) is 35.8 Å². The highest BCUT2D eigenvalue weighted by molar-refractivity contribution is 7.89. The largest absolute Gasteiger partial charge is 0.322 e. The molecule has 0 fully saturated rings. The van der Waals surface area contributed by atoms with Crippen molar-refractivity contribution in [3.63, 3.8) is 0 Å². The molecule has 0 bridgehead atoms. The zero-order chi connectivity index (χ0) is 22.7. The zero-order valence-electron chi connectivity index (χ0n) is 18.2. The second kappa shape index (κ2) is 9.22. The van der Waals surface area contributed by atoms with E-state index >= 15 is 0 Å². The molecule has 0 saturated carbocycles. The SMILES string of the molecule is CC(C)NS(=O)(=O)c1ccc(C(=O)Nc2cccc(-c3nnc4n3CCCCC4)c2)cc1. The van der Waals surface area contributed by atoms with Crippen LogP contribution in [0.15, 0.2) is 53.4 Å². The number of fused-ring (bicyclic) bond motifs is 1. The molecule has 0 unspecified atom stereocenters. The molecule has 1 aromatic heterocycles. The van der Waals surface area contributed by atoms with Crippen LogP contribution in [0.3, 0.4) is 0 Å². The van der Waals surface area contributed by atoms with Gasteiger partial charge in [0.05, 0.1) is 4.90 Å². The van der Waals surface area contributed by atoms with Crippen LogP contribution in [0.1, 0.15) is 49.3 Å². The topological polar surface area (TPSA) is 106 Å². The molecule has 1 aliphatic heterocycles. The first-order chi connectivity index (χ1) is 15.3. The van der Waals surface area contributed by atoms with Crippen LogP contribution >= 0.6 is 0 Å². The van der Waals surface area contributed by atoms with E-state index in [1.54, 1.807) is 13.8 Å². The van der Waals surface area contributed by atoms with E-state index < -0.39 is 10.0 Å². The third-order valence-corrected chi connectivity index (χ3v) is 6.98. The summed E-state index contributed by atoms with van der Waals surface area (Å²) in [6.45, 7) is 4.41. The number of carbonyl (C=O) groups excluding carboxylic acids is 1. The number of rotatable bonds is 6. The van der Waals surface area contributed by atoms with E-state index in [2.05, 4.69) is 24.8 Å². The number of nitrogens with one attached hydrogen (secondary N) is 2. The molecule has 0 radical (unpaired) electrons. The predicted molar refractivity (Wildman–Crippen MR) is 123 cm³/mol. The van der Waals surface area contributed by atoms with Crippen LogP contribution in [-0.2, 0) is 23.0 Å². The van der Waals surface area contributed by atoms with Gasteiger partial charge in [-0.2, -0.15) is 0 Å². The Kier molecular flexibility index (Phi) is 6.38. The van der Waals surface area contributed by atoms with Gasteiger partial charge in [-0.1, -0.05) is 18.6 Å². The number of sulfonamides is 1. The van der Waals surface area contributed by atoms with Gasteiger partial charge in [0.15, 0.2) is 5.82 Å². The molecule has 1 aliphatic rings. The highest BCUT2D eigenvalue weighted by atomic mass is 32.2. The summed E-state index contributed by atoms with van der Waals surface area (Å²) in [6.07, 6.45) is 4.35. The minimum Gasteiger partial charge on any atom is -0.322 e. The van der Waals surface area contributed by atoms with Crippen LogP contribution in [0, 0.1) is 0 Å². The standard InChI is InChI=1S/C23H27N5O3S/c1-16(2)27-32(30,31)20-12-10-17(11-13-20)23(29)24-19-8-6-7-18(15-19)22-26-25-21-9-4-3-5-14-28(21)22/h6-8,10-13,15-16,27H,3-5,9,14H2,1-2H3,(H,24,29). The molecule has 1 amide bonds. The Morgan fingerprint density at radius 3 is 2.56 bits per heavy atom. The summed E-state index contributed by atoms with van der Waals surface area (Å²) in [5.41, 5.74) is 1.90. The smallest absolute Gasteiger partial charge is 0.255 e. The highest BCUT2D eigenvalue weighted by Gasteiger charge is 2.18. The van der Waals surface area contributed by atoms with Crippen molar-refractivity contribution in [3.05, 3.63) is 59.9 Å². The van der Waals surface area contributed by atoms with Crippen molar-refractivity contribution < 1.29 is 13.2 Å². The number of nitrogens with zero attached hydrogens (tertiary/aromatic N) is 3. The molecule has 2 heterocycles. The van der Waals surface area contributed by atoms with E-state index in [4.69, 9.17) is 0 Å². The Balaban J connectivity index is 1.51. The van der Waals surface area contributed by atoms with E-state index in [9.17, 15) is 13.2 Å². The van der Waals surface area contributed by atoms with Crippen molar-refractivity contribution in [1.82, 2.24) is 19.5 Å². The van der Waals surface area contributed by atoms with Gasteiger partial charge in [-0.25, -0.2) is 13.1 Å². The van der Waals surface area contributed by atoms with Crippen LogP contribution in [0.25, 0.3) is 11.4 Å². The first kappa shape index (κ1) is 22.2. The third-order valence-electron chi connectivity index (χ3n) is 5.31. The number of hydrogen-bond donors (Lipinski definition) is 2. The number of anilines is 1. The van der Waals surface area contributed by atoms with Crippen LogP contribution < -0.4 is 10.0 Å². The molecule has 168 valence electrons. The van der Waals surface area contributed by atoms with E-state index in [0.29, 0.717) is 11.3 Å². The van der Waals surface area contributed by atoms with Gasteiger partial charge >= 0.3 is 0 Å². The number of aromatic nitrogens is 3. The van der Waals surface area contributed by atoms with E-state index in [0.717, 1.165) is 43.0 Å². The minimum atomic E-state index is -3.60. The van der Waals surface area contributed by atoms with Gasteiger partial charge in [-0.05, 0) is 63.1 Å². The Labute approximate surface area is 188 Å². The Morgan fingerprint density at radius 2 is 1.81 bits per heavy atom. The second-order valence-electron chi connectivity index (χ2n) is 8.24. The molecular formula is C23H27N5O3S. The Hall–Kier alpha value is -3.04. The molecule has 3 aromatic rings. The number of aryl methyl sites for hydroxylation is 1. The van der Waals surface area contributed by atoms with Crippen molar-refractivity contribution in [2.75, 3.05) is 5.32 Å². The summed E-state index contributed by atoms with van der Waals surface area (Å²) in [7, 11) is -3.60. The van der Waals surface area contributed by atoms with Crippen molar-refractivity contribution in [2.24, 2.45) is 0 Å². The lowest BCUT2D eigenvalue weighted by atomic mass is 10.1. The number of amides is 1.